The highest BCUT2D eigenvalue weighted by Crippen LogP contribution is 2.62. The van der Waals surface area contributed by atoms with E-state index in [9.17, 15) is 221 Å². The number of carboxylic acid groups (broad SMARTS) is 2. The number of phosphoric ester groups is 3. The van der Waals surface area contributed by atoms with E-state index < -0.39 is 458 Å². The zero-order chi connectivity index (χ0) is 107. The molecule has 0 bridgehead atoms. The number of ether oxygens (including phenoxy) is 19. The fourth-order valence-corrected chi connectivity index (χ4v) is 19.9. The Morgan fingerprint density at radius 3 is 1.28 bits per heavy atom. The summed E-state index contributed by atoms with van der Waals surface area (Å²) in [5.41, 5.74) is 5.38. The van der Waals surface area contributed by atoms with Gasteiger partial charge in [0.05, 0.1) is 84.9 Å². The van der Waals surface area contributed by atoms with Crippen molar-refractivity contribution < 1.29 is 329 Å². The number of nitrogens with one attached hydrogen (secondary N) is 1. The summed E-state index contributed by atoms with van der Waals surface area (Å²) in [5, 5.41) is 384. The van der Waals surface area contributed by atoms with Crippen LogP contribution in [0.4, 0.5) is 0 Å². The number of phosphoric acid groups is 3. The van der Waals surface area contributed by atoms with Crippen molar-refractivity contribution in [2.75, 3.05) is 79.2 Å². The van der Waals surface area contributed by atoms with Crippen LogP contribution in [-0.2, 0) is 136 Å². The Morgan fingerprint density at radius 1 is 0.385 bits per heavy atom. The van der Waals surface area contributed by atoms with Gasteiger partial charge in [0.25, 0.3) is 11.6 Å². The first kappa shape index (κ1) is 122. The molecule has 1 amide bonds. The highest BCUT2D eigenvalue weighted by molar-refractivity contribution is 7.61. The number of aliphatic carboxylic acids is 2. The van der Waals surface area contributed by atoms with Crippen LogP contribution in [0, 0.1) is 0 Å². The fourth-order valence-electron chi connectivity index (χ4n) is 17.0. The summed E-state index contributed by atoms with van der Waals surface area (Å²) in [5.74, 6) is -13.4. The van der Waals surface area contributed by atoms with Crippen LogP contribution in [-0.4, -0.2) is 615 Å². The van der Waals surface area contributed by atoms with E-state index in [1.165, 1.54) is 0 Å². The summed E-state index contributed by atoms with van der Waals surface area (Å²) in [6, 6.07) is -1.92. The molecule has 55 atom stereocenters. The lowest BCUT2D eigenvalue weighted by Gasteiger charge is -2.52. The zero-order valence-corrected chi connectivity index (χ0v) is 76.8. The van der Waals surface area contributed by atoms with Gasteiger partial charge in [0, 0.05) is 26.3 Å². The molecule has 0 aromatic rings. The molecule has 0 spiro atoms. The van der Waals surface area contributed by atoms with Gasteiger partial charge in [-0.25, -0.2) is 23.3 Å². The lowest BCUT2D eigenvalue weighted by atomic mass is 9.89. The smallest absolute Gasteiger partial charge is 0.477 e. The Labute approximate surface area is 802 Å². The highest BCUT2D eigenvalue weighted by atomic mass is 31.3. The van der Waals surface area contributed by atoms with E-state index in [-0.39, 0.29) is 0 Å². The van der Waals surface area contributed by atoms with Crippen molar-refractivity contribution in [3.8, 4) is 0 Å². The zero-order valence-electron chi connectivity index (χ0n) is 74.1. The lowest BCUT2D eigenvalue weighted by Crippen LogP contribution is -2.70. The minimum absolute atomic E-state index is 0.685. The first-order chi connectivity index (χ1) is 66.9. The van der Waals surface area contributed by atoms with Crippen molar-refractivity contribution >= 4 is 41.3 Å². The number of rotatable bonds is 45. The van der Waals surface area contributed by atoms with Gasteiger partial charge in [0.2, 0.25) is 5.91 Å². The molecule has 41 N–H and O–H groups in total. The van der Waals surface area contributed by atoms with Crippen LogP contribution in [0.1, 0.15) is 19.8 Å². The van der Waals surface area contributed by atoms with Gasteiger partial charge in [-0.2, -0.15) is 4.31 Å². The number of carboxylic acids is 2. The maximum atomic E-state index is 14.4. The van der Waals surface area contributed by atoms with Gasteiger partial charge >= 0.3 is 35.4 Å². The third-order valence-electron chi connectivity index (χ3n) is 24.5. The third kappa shape index (κ3) is 27.9. The molecule has 0 radical (unpaired) electrons. The quantitative estimate of drug-likeness (QED) is 0.0252. The average Bonchev–Trinajstić information content (AvgIpc) is 0.746. The van der Waals surface area contributed by atoms with Crippen LogP contribution >= 0.6 is 23.5 Å². The molecule has 834 valence electrons. The van der Waals surface area contributed by atoms with E-state index in [0.29, 0.717) is 0 Å². The van der Waals surface area contributed by atoms with Gasteiger partial charge in [0.15, 0.2) is 50.3 Å². The standard InChI is InChI=1S/C71H123N2O67P3/c1-16(82)73-29-36(95)31(90)24(10-78)121-60(29)133-56-39(98)33(92)27(13-81)124-67(56)134-57-40(99)34(93)26(12-80)123-66(57)130-53-35(94)28(15-119-61-42(101)37(96)32(91)25(11-79)122-61)125-63(44(53)103)131-54-45(104)65(128-50(58(54)138-141(111,112)113)22(88)14-118-62-43(102)38(97)41(100)47(126-62)18(84)6-74)132-55-46(105)64(127-49(20(86)8-76)59(55)139-143(116,117)140-142(114,115)120-3-2-72)129-52-23(5-70(110,68(106)107)136-51(52)21(87)9-77)135-71(69(108)109)4-17(83)30(89)48(137-71)19(85)7-75/h17-67,74-81,83-105,110H,2-15,72H2,1H3,(H,73,82)(H,106,107)(H,108,109)(H,114,115)(H,116,117)(H2,111,112,113)/t17-,18+,19-,20+,21-,22+,23-,24-,25-,26-,27-,28-,29-,30-,31-,32+,33-,34-,35-,36-,37+,38+,39+,40+,41+,42-,43+,44-,45+,46+,47-,48-,49-,50-,51-,52-,53+,54-,55-,56-,57-,58-,59-,60-,61+,62+,63-,64-,65-,66-,67-,70-,71-/m1/s1. The molecule has 10 heterocycles. The Hall–Kier alpha value is -3.30. The van der Waals surface area contributed by atoms with E-state index in [1.54, 1.807) is 0 Å². The minimum Gasteiger partial charge on any atom is -0.477 e. The third-order valence-corrected chi connectivity index (χ3v) is 27.7. The normalized spacial score (nSPS) is 46.4. The van der Waals surface area contributed by atoms with Crippen molar-refractivity contribution in [1.82, 2.24) is 5.32 Å². The number of carbonyl (C=O) groups is 3. The van der Waals surface area contributed by atoms with E-state index in [0.717, 1.165) is 6.92 Å². The summed E-state index contributed by atoms with van der Waals surface area (Å²) >= 11 is 0. The first-order valence-corrected chi connectivity index (χ1v) is 48.0. The number of hydrogen-bond donors (Lipinski definition) is 40. The predicted octanol–water partition coefficient (Wildman–Crippen LogP) is -24.6. The van der Waals surface area contributed by atoms with Crippen LogP contribution in [0.5, 0.6) is 0 Å². The first-order valence-electron chi connectivity index (χ1n) is 43.5. The summed E-state index contributed by atoms with van der Waals surface area (Å²) in [4.78, 5) is 83.2. The Morgan fingerprint density at radius 2 is 0.790 bits per heavy atom. The van der Waals surface area contributed by atoms with Gasteiger partial charge in [-0.3, -0.25) is 18.4 Å². The lowest BCUT2D eigenvalue weighted by molar-refractivity contribution is -0.411. The number of hydrogen-bond acceptors (Lipinski definition) is 62. The molecule has 10 aliphatic rings. The molecule has 0 saturated carbocycles. The number of amides is 1. The molecule has 10 rings (SSSR count). The molecule has 10 saturated heterocycles. The minimum atomic E-state index is -6.76. The second kappa shape index (κ2) is 51.2. The molecule has 143 heavy (non-hydrogen) atoms. The van der Waals surface area contributed by atoms with Crippen LogP contribution in [0.3, 0.4) is 0 Å². The summed E-state index contributed by atoms with van der Waals surface area (Å²) < 4.78 is 171. The molecule has 2 unspecified atom stereocenters. The second-order valence-electron chi connectivity index (χ2n) is 34.5. The molecule has 0 aromatic heterocycles. The van der Waals surface area contributed by atoms with E-state index in [1.807, 2.05) is 0 Å². The molecule has 10 aliphatic heterocycles. The van der Waals surface area contributed by atoms with Crippen LogP contribution in [0.15, 0.2) is 0 Å². The van der Waals surface area contributed by atoms with E-state index in [4.69, 9.17) is 105 Å². The summed E-state index contributed by atoms with van der Waals surface area (Å²) in [6.45, 7) is -15.2. The van der Waals surface area contributed by atoms with Gasteiger partial charge < -0.3 is 294 Å². The molecular formula is C71H123N2O67P3. The Kier molecular flexibility index (Phi) is 43.5. The largest absolute Gasteiger partial charge is 0.481 e. The van der Waals surface area contributed by atoms with Crippen molar-refractivity contribution in [1.29, 1.82) is 0 Å². The molecule has 69 nitrogen and oxygen atoms in total. The number of nitrogens with two attached hydrogens (primary N) is 1. The molecule has 0 aliphatic carbocycles. The SMILES string of the molecule is CC(=O)N[C@H]1[C@@H](O[C@H]2[C@@H](O[C@H]3[C@@H](O[C@@H]4[C@@H](O)[C@@H](O[C@@H]5[C@H](O)[C@@H](O[C@@H]6[C@H](O)[C@@H](O[C@H]7[C@@H]([C@H](O)CO)O[C@@](O)(C(=O)O)C[C@H]7O[C@]7(C(=O)O)C[C@@H](O)[C@@H](O)[C@@H]([C@H](O)CO)O7)O[C@H]([C@@H](O)CO)[C@H]6OP(=O)(O)OP(=O)(O)OCCN)O[C@H]([C@@H](O)CO[C@H]6O[C@H]([C@@H](O)CO)[C@@H](O)[C@H](O)[C@@H]6O)[C@H]5OP(=O)(O)O)O[C@H](CO[C@H]5O[C@H](CO)[C@H](O)[C@H](O)[C@H]5O)[C@H]4O)O[C@H](CO)[C@@H](O)[C@@H]3O)O[C@H](CO)[C@@H](O)[C@@H]2O)O[C@H](CO)[C@@H](O)[C@@H]1O. The van der Waals surface area contributed by atoms with Crippen molar-refractivity contribution in [3.05, 3.63) is 0 Å². The van der Waals surface area contributed by atoms with Gasteiger partial charge in [-0.1, -0.05) is 0 Å². The second-order valence-corrected chi connectivity index (χ2v) is 38.7. The van der Waals surface area contributed by atoms with Crippen LogP contribution in [0.2, 0.25) is 0 Å². The van der Waals surface area contributed by atoms with E-state index in [2.05, 4.69) is 14.2 Å². The summed E-state index contributed by atoms with van der Waals surface area (Å²) in [7, 11) is -19.4. The maximum absolute atomic E-state index is 14.4. The van der Waals surface area contributed by atoms with Gasteiger partial charge in [-0.05, 0) is 0 Å². The van der Waals surface area contributed by atoms with Gasteiger partial charge in [-0.15, -0.1) is 0 Å². The van der Waals surface area contributed by atoms with E-state index >= 15 is 0 Å². The maximum Gasteiger partial charge on any atom is 0.481 e. The Balaban J connectivity index is 1.14. The predicted molar refractivity (Wildman–Crippen MR) is 427 cm³/mol. The van der Waals surface area contributed by atoms with Gasteiger partial charge in [0.1, 0.15) is 250 Å². The topological polar surface area (TPSA) is 1120 Å². The Bertz CT molecular complexity index is 4140. The number of carbonyl (C=O) groups excluding carboxylic acids is 1. The van der Waals surface area contributed by atoms with Crippen LogP contribution < -0.4 is 11.1 Å². The molecule has 10 fully saturated rings. The van der Waals surface area contributed by atoms with Crippen molar-refractivity contribution in [3.63, 3.8) is 0 Å². The van der Waals surface area contributed by atoms with Crippen molar-refractivity contribution in [2.24, 2.45) is 5.73 Å². The number of aliphatic hydroxyl groups excluding tert-OH is 31. The molecular weight excluding hydrogens is 2050 g/mol. The average molecular weight is 2170 g/mol. The number of aliphatic hydroxyl groups is 32. The monoisotopic (exact) mass is 2170 g/mol. The van der Waals surface area contributed by atoms with Crippen molar-refractivity contribution in [2.45, 2.75) is 344 Å². The van der Waals surface area contributed by atoms with Crippen LogP contribution in [0.25, 0.3) is 0 Å². The highest BCUT2D eigenvalue weighted by Gasteiger charge is 2.67. The molecule has 0 aromatic carbocycles. The summed E-state index contributed by atoms with van der Waals surface area (Å²) in [6.07, 6.45) is -135. The molecule has 72 heteroatoms. The fraction of sp³-hybridized carbons (Fsp3) is 0.958.